The van der Waals surface area contributed by atoms with Crippen LogP contribution >= 0.6 is 0 Å². The highest BCUT2D eigenvalue weighted by Crippen LogP contribution is 2.22. The minimum absolute atomic E-state index is 0.151. The largest absolute Gasteiger partial charge is 0.350 e. The predicted octanol–water partition coefficient (Wildman–Crippen LogP) is 0.152. The van der Waals surface area contributed by atoms with Gasteiger partial charge in [-0.2, -0.15) is 0 Å². The molecule has 0 spiro atoms. The van der Waals surface area contributed by atoms with Crippen LogP contribution in [0.2, 0.25) is 0 Å². The Bertz CT molecular complexity index is 678. The van der Waals surface area contributed by atoms with Crippen LogP contribution in [0.5, 0.6) is 0 Å². The molecule has 1 rings (SSSR count). The van der Waals surface area contributed by atoms with E-state index in [1.165, 1.54) is 0 Å². The van der Waals surface area contributed by atoms with Crippen molar-refractivity contribution in [3.63, 3.8) is 0 Å². The molecule has 1 aromatic carbocycles. The van der Waals surface area contributed by atoms with Gasteiger partial charge in [-0.3, -0.25) is 14.9 Å². The van der Waals surface area contributed by atoms with Gasteiger partial charge in [0.05, 0.1) is 17.2 Å². The number of halogens is 2. The summed E-state index contributed by atoms with van der Waals surface area (Å²) in [6.45, 7) is -0.329. The molecule has 11 heteroatoms. The number of hydrogen-bond acceptors (Lipinski definition) is 5. The fraction of sp³-hybridized carbons (Fsp3) is 0.300. The van der Waals surface area contributed by atoms with E-state index in [-0.39, 0.29) is 13.1 Å². The second kappa shape index (κ2) is 6.54. The van der Waals surface area contributed by atoms with Crippen molar-refractivity contribution in [1.82, 2.24) is 10.0 Å². The van der Waals surface area contributed by atoms with Crippen LogP contribution in [0.3, 0.4) is 0 Å². The lowest BCUT2D eigenvalue weighted by atomic mass is 10.1. The zero-order valence-corrected chi connectivity index (χ0v) is 11.5. The Kier molecular flexibility index (Phi) is 5.27. The lowest BCUT2D eigenvalue weighted by molar-refractivity contribution is -0.385. The molecule has 1 aromatic rings. The van der Waals surface area contributed by atoms with Crippen molar-refractivity contribution >= 4 is 21.6 Å². The Morgan fingerprint density at radius 1 is 1.29 bits per heavy atom. The van der Waals surface area contributed by atoms with Crippen LogP contribution in [0.15, 0.2) is 12.1 Å². The molecule has 0 aliphatic heterocycles. The Morgan fingerprint density at radius 3 is 2.38 bits per heavy atom. The van der Waals surface area contributed by atoms with Crippen LogP contribution in [-0.4, -0.2) is 38.6 Å². The molecule has 0 unspecified atom stereocenters. The van der Waals surface area contributed by atoms with E-state index in [4.69, 9.17) is 0 Å². The van der Waals surface area contributed by atoms with Gasteiger partial charge in [0.25, 0.3) is 11.6 Å². The van der Waals surface area contributed by atoms with Crippen molar-refractivity contribution in [1.29, 1.82) is 0 Å². The van der Waals surface area contributed by atoms with Crippen LogP contribution in [0.25, 0.3) is 0 Å². The SMILES string of the molecule is CS(=O)(=O)NCCNC(=O)c1cc(F)c(F)cc1[N+](=O)[O-]. The minimum Gasteiger partial charge on any atom is -0.350 e. The van der Waals surface area contributed by atoms with Crippen molar-refractivity contribution in [2.24, 2.45) is 0 Å². The van der Waals surface area contributed by atoms with Gasteiger partial charge in [0, 0.05) is 13.1 Å². The van der Waals surface area contributed by atoms with Gasteiger partial charge in [-0.1, -0.05) is 0 Å². The molecule has 0 saturated heterocycles. The van der Waals surface area contributed by atoms with Crippen molar-refractivity contribution < 1.29 is 26.9 Å². The number of amides is 1. The highest BCUT2D eigenvalue weighted by molar-refractivity contribution is 7.88. The van der Waals surface area contributed by atoms with E-state index < -0.39 is 43.7 Å². The topological polar surface area (TPSA) is 118 Å². The Labute approximate surface area is 118 Å². The van der Waals surface area contributed by atoms with Gasteiger partial charge in [0.15, 0.2) is 11.6 Å². The zero-order valence-electron chi connectivity index (χ0n) is 10.7. The second-order valence-electron chi connectivity index (χ2n) is 3.96. The number of nitrogens with zero attached hydrogens (tertiary/aromatic N) is 1. The molecule has 0 atom stereocenters. The molecule has 0 fully saturated rings. The number of nitro benzene ring substituents is 1. The molecule has 0 radical (unpaired) electrons. The normalized spacial score (nSPS) is 11.2. The number of carbonyl (C=O) groups is 1. The Hall–Kier alpha value is -2.14. The van der Waals surface area contributed by atoms with Crippen molar-refractivity contribution in [2.45, 2.75) is 0 Å². The molecule has 21 heavy (non-hydrogen) atoms. The van der Waals surface area contributed by atoms with Gasteiger partial charge in [-0.25, -0.2) is 21.9 Å². The third-order valence-corrected chi connectivity index (χ3v) is 2.98. The van der Waals surface area contributed by atoms with Crippen LogP contribution in [0.1, 0.15) is 10.4 Å². The summed E-state index contributed by atoms with van der Waals surface area (Å²) in [4.78, 5) is 21.4. The fourth-order valence-corrected chi connectivity index (χ4v) is 1.85. The molecular formula is C10H11F2N3O5S. The Balaban J connectivity index is 2.83. The van der Waals surface area contributed by atoms with E-state index in [0.29, 0.717) is 12.1 Å². The first kappa shape index (κ1) is 16.9. The first-order chi connectivity index (χ1) is 9.61. The highest BCUT2D eigenvalue weighted by atomic mass is 32.2. The number of hydrogen-bond donors (Lipinski definition) is 2. The van der Waals surface area contributed by atoms with Gasteiger partial charge in [-0.15, -0.1) is 0 Å². The van der Waals surface area contributed by atoms with Crippen LogP contribution in [0, 0.1) is 21.7 Å². The highest BCUT2D eigenvalue weighted by Gasteiger charge is 2.23. The molecule has 2 N–H and O–H groups in total. The van der Waals surface area contributed by atoms with Crippen molar-refractivity contribution in [2.75, 3.05) is 19.3 Å². The Morgan fingerprint density at radius 2 is 1.86 bits per heavy atom. The maximum absolute atomic E-state index is 13.1. The number of nitro groups is 1. The van der Waals surface area contributed by atoms with E-state index in [2.05, 4.69) is 10.0 Å². The first-order valence-electron chi connectivity index (χ1n) is 5.48. The number of benzene rings is 1. The molecule has 0 heterocycles. The third-order valence-electron chi connectivity index (χ3n) is 2.25. The summed E-state index contributed by atoms with van der Waals surface area (Å²) in [6.07, 6.45) is 0.912. The van der Waals surface area contributed by atoms with Crippen molar-refractivity contribution in [3.05, 3.63) is 39.4 Å². The molecule has 0 aliphatic carbocycles. The summed E-state index contributed by atoms with van der Waals surface area (Å²) >= 11 is 0. The summed E-state index contributed by atoms with van der Waals surface area (Å²) in [7, 11) is -3.44. The molecule has 0 aromatic heterocycles. The molecular weight excluding hydrogens is 312 g/mol. The van der Waals surface area contributed by atoms with Gasteiger partial charge in [-0.05, 0) is 6.07 Å². The van der Waals surface area contributed by atoms with E-state index in [9.17, 15) is 32.1 Å². The van der Waals surface area contributed by atoms with Gasteiger partial charge < -0.3 is 5.32 Å². The maximum atomic E-state index is 13.1. The van der Waals surface area contributed by atoms with Crippen molar-refractivity contribution in [3.8, 4) is 0 Å². The van der Waals surface area contributed by atoms with Crippen LogP contribution < -0.4 is 10.0 Å². The quantitative estimate of drug-likeness (QED) is 0.439. The number of carbonyl (C=O) groups excluding carboxylic acids is 1. The first-order valence-corrected chi connectivity index (χ1v) is 7.37. The van der Waals surface area contributed by atoms with Gasteiger partial charge >= 0.3 is 0 Å². The smallest absolute Gasteiger partial charge is 0.285 e. The van der Waals surface area contributed by atoms with E-state index in [1.807, 2.05) is 0 Å². The number of sulfonamides is 1. The van der Waals surface area contributed by atoms with Crippen LogP contribution in [0.4, 0.5) is 14.5 Å². The molecule has 0 bridgehead atoms. The zero-order chi connectivity index (χ0) is 16.2. The third kappa shape index (κ3) is 5.04. The lowest BCUT2D eigenvalue weighted by Gasteiger charge is -2.06. The number of rotatable bonds is 6. The lowest BCUT2D eigenvalue weighted by Crippen LogP contribution is -2.34. The van der Waals surface area contributed by atoms with Gasteiger partial charge in [0.1, 0.15) is 5.56 Å². The minimum atomic E-state index is -3.44. The molecule has 8 nitrogen and oxygen atoms in total. The maximum Gasteiger partial charge on any atom is 0.285 e. The fourth-order valence-electron chi connectivity index (χ4n) is 1.38. The van der Waals surface area contributed by atoms with E-state index in [1.54, 1.807) is 0 Å². The summed E-state index contributed by atoms with van der Waals surface area (Å²) < 4.78 is 49.6. The molecule has 0 aliphatic rings. The average molecular weight is 323 g/mol. The predicted molar refractivity (Wildman–Crippen MR) is 68.2 cm³/mol. The molecule has 1 amide bonds. The molecule has 116 valence electrons. The summed E-state index contributed by atoms with van der Waals surface area (Å²) in [5.74, 6) is -3.87. The summed E-state index contributed by atoms with van der Waals surface area (Å²) in [5, 5.41) is 12.8. The summed E-state index contributed by atoms with van der Waals surface area (Å²) in [5.41, 5.74) is -1.54. The van der Waals surface area contributed by atoms with E-state index >= 15 is 0 Å². The monoisotopic (exact) mass is 323 g/mol. The standard InChI is InChI=1S/C10H11F2N3O5S/c1-21(19,20)14-3-2-13-10(16)6-4-7(11)8(12)5-9(6)15(17)18/h4-5,14H,2-3H2,1H3,(H,13,16). The van der Waals surface area contributed by atoms with Gasteiger partial charge in [0.2, 0.25) is 10.0 Å². The molecule has 0 saturated carbocycles. The average Bonchev–Trinajstić information content (AvgIpc) is 2.35. The van der Waals surface area contributed by atoms with E-state index in [0.717, 1.165) is 6.26 Å². The van der Waals surface area contributed by atoms with Crippen LogP contribution in [-0.2, 0) is 10.0 Å². The second-order valence-corrected chi connectivity index (χ2v) is 5.80. The summed E-state index contributed by atoms with van der Waals surface area (Å²) in [6, 6.07) is 0.714. The number of nitrogens with one attached hydrogen (secondary N) is 2.